The maximum Gasteiger partial charge on any atom is 0.202 e. The molecule has 4 atom stereocenters. The van der Waals surface area contributed by atoms with Crippen molar-refractivity contribution >= 4 is 17.3 Å². The summed E-state index contributed by atoms with van der Waals surface area (Å²) in [5.41, 5.74) is -2.21. The van der Waals surface area contributed by atoms with Gasteiger partial charge in [-0.1, -0.05) is 0 Å². The molecule has 0 aromatic heterocycles. The normalized spacial score (nSPS) is 32.8. The lowest BCUT2D eigenvalue weighted by atomic mass is 9.59. The van der Waals surface area contributed by atoms with Gasteiger partial charge in [0.15, 0.2) is 11.4 Å². The van der Waals surface area contributed by atoms with Gasteiger partial charge in [0.1, 0.15) is 23.1 Å². The van der Waals surface area contributed by atoms with E-state index in [4.69, 9.17) is 0 Å². The van der Waals surface area contributed by atoms with Crippen molar-refractivity contribution in [2.45, 2.75) is 50.7 Å². The molecule has 5 rings (SSSR count). The summed E-state index contributed by atoms with van der Waals surface area (Å²) in [7, 11) is 0. The topological polar surface area (TPSA) is 127 Å². The molecule has 2 unspecified atom stereocenters. The minimum absolute atomic E-state index is 0.0463. The lowest BCUT2D eigenvalue weighted by Crippen LogP contribution is -2.57. The number of aromatic hydroxyl groups is 1. The average Bonchev–Trinajstić information content (AvgIpc) is 3.26. The molecule has 0 bridgehead atoms. The molecule has 5 N–H and O–H groups in total. The fourth-order valence-corrected chi connectivity index (χ4v) is 5.78. The highest BCUT2D eigenvalue weighted by Crippen LogP contribution is 2.52. The van der Waals surface area contributed by atoms with Crippen LogP contribution < -0.4 is 5.32 Å². The maximum atomic E-state index is 15.5. The number of ketones is 2. The van der Waals surface area contributed by atoms with Gasteiger partial charge in [-0.15, -0.1) is 0 Å². The van der Waals surface area contributed by atoms with Crippen molar-refractivity contribution in [3.8, 4) is 5.75 Å². The fourth-order valence-electron chi connectivity index (χ4n) is 5.78. The molecule has 31 heavy (non-hydrogen) atoms. The number of fused-ring (bicyclic) bond motifs is 3. The Labute approximate surface area is 177 Å². The monoisotopic (exact) mass is 429 g/mol. The van der Waals surface area contributed by atoms with Gasteiger partial charge in [0.2, 0.25) is 5.78 Å². The smallest absolute Gasteiger partial charge is 0.202 e. The van der Waals surface area contributed by atoms with E-state index >= 15 is 4.39 Å². The van der Waals surface area contributed by atoms with E-state index in [0.29, 0.717) is 5.56 Å². The zero-order chi connectivity index (χ0) is 22.2. The van der Waals surface area contributed by atoms with Gasteiger partial charge in [0, 0.05) is 40.7 Å². The van der Waals surface area contributed by atoms with Gasteiger partial charge in [0.05, 0.1) is 5.56 Å². The third-order valence-corrected chi connectivity index (χ3v) is 7.47. The summed E-state index contributed by atoms with van der Waals surface area (Å²) in [6, 6.07) is 1.04. The van der Waals surface area contributed by atoms with Crippen LogP contribution in [0.25, 0.3) is 5.76 Å². The first-order valence-electron chi connectivity index (χ1n) is 10.6. The second kappa shape index (κ2) is 6.64. The Balaban J connectivity index is 1.67. The zero-order valence-corrected chi connectivity index (χ0v) is 17.0. The number of halogens is 1. The van der Waals surface area contributed by atoms with Crippen molar-refractivity contribution in [3.05, 3.63) is 45.5 Å². The molecule has 1 heterocycles. The van der Waals surface area contributed by atoms with Crippen LogP contribution in [0.5, 0.6) is 5.75 Å². The molecular formula is C23H24FNO6. The molecular weight excluding hydrogens is 405 g/mol. The zero-order valence-electron chi connectivity index (χ0n) is 17.0. The minimum atomic E-state index is -2.31. The first-order valence-corrected chi connectivity index (χ1v) is 10.6. The largest absolute Gasteiger partial charge is 0.508 e. The van der Waals surface area contributed by atoms with Crippen LogP contribution in [0.2, 0.25) is 0 Å². The number of carbonyl (C=O) groups is 2. The summed E-state index contributed by atoms with van der Waals surface area (Å²) in [6.45, 7) is 2.09. The molecule has 1 aliphatic heterocycles. The Kier molecular flexibility index (Phi) is 4.33. The molecule has 1 aromatic rings. The van der Waals surface area contributed by atoms with Gasteiger partial charge in [-0.25, -0.2) is 4.39 Å². The van der Waals surface area contributed by atoms with E-state index in [1.165, 1.54) is 13.0 Å². The number of phenols is 1. The predicted molar refractivity (Wildman–Crippen MR) is 108 cm³/mol. The van der Waals surface area contributed by atoms with Crippen molar-refractivity contribution in [1.82, 2.24) is 5.32 Å². The van der Waals surface area contributed by atoms with E-state index in [1.807, 2.05) is 0 Å². The first-order chi connectivity index (χ1) is 14.7. The minimum Gasteiger partial charge on any atom is -0.508 e. The number of benzene rings is 1. The molecule has 7 nitrogen and oxygen atoms in total. The quantitative estimate of drug-likeness (QED) is 0.464. The third-order valence-electron chi connectivity index (χ3n) is 7.47. The van der Waals surface area contributed by atoms with Gasteiger partial charge in [-0.05, 0) is 51.1 Å². The maximum absolute atomic E-state index is 15.5. The van der Waals surface area contributed by atoms with Crippen LogP contribution in [-0.2, 0) is 16.0 Å². The van der Waals surface area contributed by atoms with Crippen LogP contribution >= 0.6 is 0 Å². The molecule has 0 spiro atoms. The van der Waals surface area contributed by atoms with E-state index in [-0.39, 0.29) is 59.1 Å². The molecule has 4 aliphatic rings. The molecule has 0 amide bonds. The van der Waals surface area contributed by atoms with Crippen molar-refractivity contribution < 1.29 is 34.4 Å². The number of aliphatic hydroxyl groups excluding tert-OH is 2. The SMILES string of the molecule is CC1=C(O)[C@@]2(O)C(=O)C3=C(O)c4c(O)cc(C5CCCN5)c(F)c4CC3C[C@H]2CC1=O. The van der Waals surface area contributed by atoms with E-state index in [0.717, 1.165) is 19.4 Å². The highest BCUT2D eigenvalue weighted by Gasteiger charge is 2.59. The second-order valence-electron chi connectivity index (χ2n) is 9.09. The van der Waals surface area contributed by atoms with Gasteiger partial charge in [-0.3, -0.25) is 9.59 Å². The summed E-state index contributed by atoms with van der Waals surface area (Å²) in [6.07, 6.45) is 1.67. The van der Waals surface area contributed by atoms with Crippen LogP contribution in [0.3, 0.4) is 0 Å². The molecule has 1 saturated heterocycles. The lowest BCUT2D eigenvalue weighted by molar-refractivity contribution is -0.147. The molecule has 2 fully saturated rings. The highest BCUT2D eigenvalue weighted by molar-refractivity contribution is 6.13. The van der Waals surface area contributed by atoms with Gasteiger partial charge in [-0.2, -0.15) is 0 Å². The molecule has 0 radical (unpaired) electrons. The standard InChI is InChI=1S/C23H24FNO6/c1-9-15(26)7-11-5-10-6-13-18(20(28)17(10)22(30)23(11,31)21(9)29)16(27)8-12(19(13)24)14-3-2-4-25-14/h8,10-11,14,25,27-29,31H,2-7H2,1H3/t10?,11-,14?,23+/m0/s1. The number of allylic oxidation sites excluding steroid dienone is 1. The van der Waals surface area contributed by atoms with Crippen LogP contribution in [0.15, 0.2) is 23.0 Å². The number of carbonyl (C=O) groups excluding carboxylic acids is 2. The van der Waals surface area contributed by atoms with Crippen molar-refractivity contribution in [2.24, 2.45) is 11.8 Å². The Morgan fingerprint density at radius 3 is 2.61 bits per heavy atom. The summed E-state index contributed by atoms with van der Waals surface area (Å²) >= 11 is 0. The van der Waals surface area contributed by atoms with Crippen molar-refractivity contribution in [3.63, 3.8) is 0 Å². The van der Waals surface area contributed by atoms with E-state index in [2.05, 4.69) is 5.32 Å². The second-order valence-corrected chi connectivity index (χ2v) is 9.09. The van der Waals surface area contributed by atoms with Crippen LogP contribution in [0, 0.1) is 17.7 Å². The number of Topliss-reactive ketones (excluding diaryl/α,β-unsaturated/α-hetero) is 2. The van der Waals surface area contributed by atoms with Gasteiger partial charge in [0.25, 0.3) is 0 Å². The van der Waals surface area contributed by atoms with E-state index in [9.17, 15) is 30.0 Å². The summed E-state index contributed by atoms with van der Waals surface area (Å²) in [5.74, 6) is -4.88. The number of nitrogens with one attached hydrogen (secondary N) is 1. The Morgan fingerprint density at radius 1 is 1.19 bits per heavy atom. The number of aliphatic hydroxyl groups is 3. The van der Waals surface area contributed by atoms with Crippen molar-refractivity contribution in [2.75, 3.05) is 6.54 Å². The fraction of sp³-hybridized carbons (Fsp3) is 0.478. The Bertz CT molecular complexity index is 1100. The summed E-state index contributed by atoms with van der Waals surface area (Å²) in [5, 5.41) is 46.4. The van der Waals surface area contributed by atoms with E-state index < -0.39 is 40.6 Å². The highest BCUT2D eigenvalue weighted by atomic mass is 19.1. The number of rotatable bonds is 1. The van der Waals surface area contributed by atoms with Crippen molar-refractivity contribution in [1.29, 1.82) is 0 Å². The molecule has 164 valence electrons. The number of phenolic OH excluding ortho intramolecular Hbond substituents is 1. The molecule has 1 aromatic carbocycles. The van der Waals surface area contributed by atoms with Gasteiger partial charge >= 0.3 is 0 Å². The average molecular weight is 429 g/mol. The number of hydrogen-bond acceptors (Lipinski definition) is 7. The first kappa shape index (κ1) is 20.2. The predicted octanol–water partition coefficient (Wildman–Crippen LogP) is 2.52. The van der Waals surface area contributed by atoms with Gasteiger partial charge < -0.3 is 25.7 Å². The van der Waals surface area contributed by atoms with Crippen LogP contribution in [0.4, 0.5) is 4.39 Å². The number of hydrogen-bond donors (Lipinski definition) is 5. The van der Waals surface area contributed by atoms with Crippen LogP contribution in [0.1, 0.15) is 55.3 Å². The molecule has 8 heteroatoms. The molecule has 3 aliphatic carbocycles. The summed E-state index contributed by atoms with van der Waals surface area (Å²) < 4.78 is 15.5. The van der Waals surface area contributed by atoms with E-state index in [1.54, 1.807) is 0 Å². The Morgan fingerprint density at radius 2 is 1.94 bits per heavy atom. The Hall–Kier alpha value is -2.71. The summed E-state index contributed by atoms with van der Waals surface area (Å²) in [4.78, 5) is 25.5. The third kappa shape index (κ3) is 2.58. The molecule has 1 saturated carbocycles. The lowest BCUT2D eigenvalue weighted by Gasteiger charge is -2.46. The van der Waals surface area contributed by atoms with Crippen LogP contribution in [-0.4, -0.2) is 44.1 Å².